The fraction of sp³-hybridized carbons (Fsp3) is 0.943. The lowest BCUT2D eigenvalue weighted by Crippen LogP contribution is -2.48. The standard InChI is InChI=1S/C35H71O5PSi2/c1-12-22-35(23-18-24-35)33(40-42(8,9)27-28(2)3)21-17-20-29-30(19-15-13-14-16-25-41(7,37)38)32(26-31(29)36)39-43(10,11)34(4,5)6/h17,20,28-33,36H,12-16,18-19,21-27H2,1-11H3,(H,37,38). The van der Waals surface area contributed by atoms with Crippen LogP contribution in [-0.2, 0) is 13.4 Å². The monoisotopic (exact) mass is 658 g/mol. The van der Waals surface area contributed by atoms with E-state index in [0.717, 1.165) is 38.5 Å². The largest absolute Gasteiger partial charge is 0.414 e. The summed E-state index contributed by atoms with van der Waals surface area (Å²) in [5.74, 6) is 1.06. The van der Waals surface area contributed by atoms with Crippen LogP contribution in [0.25, 0.3) is 0 Å². The second kappa shape index (κ2) is 16.4. The van der Waals surface area contributed by atoms with Crippen molar-refractivity contribution in [3.05, 3.63) is 12.2 Å². The average molecular weight is 659 g/mol. The van der Waals surface area contributed by atoms with Crippen LogP contribution in [0.2, 0.25) is 37.3 Å². The average Bonchev–Trinajstić information content (AvgIpc) is 3.08. The van der Waals surface area contributed by atoms with Crippen molar-refractivity contribution >= 4 is 24.0 Å². The third-order valence-corrected chi connectivity index (χ3v) is 19.2. The number of aliphatic hydroxyl groups excluding tert-OH is 1. The first-order valence-corrected chi connectivity index (χ1v) is 26.0. The fourth-order valence-corrected chi connectivity index (χ4v) is 13.0. The Balaban J connectivity index is 2.21. The number of aliphatic hydroxyl groups is 1. The molecule has 2 aliphatic carbocycles. The highest BCUT2D eigenvalue weighted by Gasteiger charge is 2.48. The molecule has 0 aromatic rings. The molecule has 2 fully saturated rings. The molecule has 6 unspecified atom stereocenters. The molecule has 254 valence electrons. The van der Waals surface area contributed by atoms with Gasteiger partial charge < -0.3 is 18.9 Å². The molecule has 0 aromatic heterocycles. The molecule has 0 bridgehead atoms. The van der Waals surface area contributed by atoms with Gasteiger partial charge in [0.05, 0.1) is 18.3 Å². The van der Waals surface area contributed by atoms with Crippen LogP contribution in [0.4, 0.5) is 0 Å². The van der Waals surface area contributed by atoms with Crippen molar-refractivity contribution in [2.75, 3.05) is 12.8 Å². The van der Waals surface area contributed by atoms with E-state index in [1.165, 1.54) is 44.8 Å². The number of hydrogen-bond acceptors (Lipinski definition) is 4. The molecule has 8 heteroatoms. The second-order valence-electron chi connectivity index (χ2n) is 17.0. The topological polar surface area (TPSA) is 76.0 Å². The lowest BCUT2D eigenvalue weighted by Gasteiger charge is -2.50. The van der Waals surface area contributed by atoms with Gasteiger partial charge >= 0.3 is 0 Å². The van der Waals surface area contributed by atoms with Crippen LogP contribution in [0.15, 0.2) is 12.2 Å². The second-order valence-corrected chi connectivity index (χ2v) is 28.5. The Morgan fingerprint density at radius 3 is 2.21 bits per heavy atom. The first-order valence-electron chi connectivity index (χ1n) is 17.7. The van der Waals surface area contributed by atoms with E-state index in [-0.39, 0.29) is 29.3 Å². The lowest BCUT2D eigenvalue weighted by atomic mass is 9.62. The van der Waals surface area contributed by atoms with E-state index in [1.54, 1.807) is 0 Å². The maximum atomic E-state index is 11.7. The zero-order valence-corrected chi connectivity index (χ0v) is 33.0. The molecule has 0 aliphatic heterocycles. The van der Waals surface area contributed by atoms with E-state index >= 15 is 0 Å². The van der Waals surface area contributed by atoms with E-state index < -0.39 is 24.0 Å². The van der Waals surface area contributed by atoms with Crippen LogP contribution in [-0.4, -0.2) is 57.8 Å². The van der Waals surface area contributed by atoms with Gasteiger partial charge in [-0.3, -0.25) is 4.57 Å². The summed E-state index contributed by atoms with van der Waals surface area (Å²) < 4.78 is 25.8. The summed E-state index contributed by atoms with van der Waals surface area (Å²) >= 11 is 0. The minimum Gasteiger partial charge on any atom is -0.414 e. The van der Waals surface area contributed by atoms with E-state index in [1.807, 2.05) is 0 Å². The summed E-state index contributed by atoms with van der Waals surface area (Å²) in [6.45, 7) is 24.8. The van der Waals surface area contributed by atoms with Crippen LogP contribution in [0.5, 0.6) is 0 Å². The van der Waals surface area contributed by atoms with Crippen molar-refractivity contribution in [2.24, 2.45) is 23.2 Å². The molecule has 2 N–H and O–H groups in total. The van der Waals surface area contributed by atoms with Crippen LogP contribution < -0.4 is 0 Å². The molecule has 0 heterocycles. The molecule has 0 saturated heterocycles. The third kappa shape index (κ3) is 12.4. The minimum absolute atomic E-state index is 0.0846. The first kappa shape index (κ1) is 39.4. The Kier molecular flexibility index (Phi) is 15.0. The molecule has 0 amide bonds. The Bertz CT molecular complexity index is 902. The molecule has 2 rings (SSSR count). The summed E-state index contributed by atoms with van der Waals surface area (Å²) in [5, 5.41) is 11.5. The quantitative estimate of drug-likeness (QED) is 0.0625. The highest BCUT2D eigenvalue weighted by molar-refractivity contribution is 7.57. The van der Waals surface area contributed by atoms with Gasteiger partial charge in [-0.1, -0.05) is 85.8 Å². The van der Waals surface area contributed by atoms with Gasteiger partial charge in [-0.2, -0.15) is 0 Å². The van der Waals surface area contributed by atoms with Gasteiger partial charge in [0.2, 0.25) is 0 Å². The summed E-state index contributed by atoms with van der Waals surface area (Å²) in [7, 11) is -6.69. The first-order chi connectivity index (χ1) is 19.7. The van der Waals surface area contributed by atoms with Crippen LogP contribution >= 0.6 is 7.37 Å². The highest BCUT2D eigenvalue weighted by atomic mass is 31.2. The van der Waals surface area contributed by atoms with Crippen LogP contribution in [0.1, 0.15) is 119 Å². The van der Waals surface area contributed by atoms with Gasteiger partial charge in [0.1, 0.15) is 0 Å². The van der Waals surface area contributed by atoms with Crippen LogP contribution in [0, 0.1) is 23.2 Å². The van der Waals surface area contributed by atoms with Gasteiger partial charge in [-0.25, -0.2) is 0 Å². The molecule has 6 atom stereocenters. The predicted molar refractivity (Wildman–Crippen MR) is 190 cm³/mol. The van der Waals surface area contributed by atoms with E-state index in [2.05, 4.69) is 79.9 Å². The molecule has 2 aliphatic rings. The summed E-state index contributed by atoms with van der Waals surface area (Å²) in [4.78, 5) is 9.64. The summed E-state index contributed by atoms with van der Waals surface area (Å²) in [5.41, 5.74) is 0.318. The van der Waals surface area contributed by atoms with E-state index in [0.29, 0.717) is 29.8 Å². The van der Waals surface area contributed by atoms with Crippen LogP contribution in [0.3, 0.4) is 0 Å². The van der Waals surface area contributed by atoms with Crippen molar-refractivity contribution in [1.82, 2.24) is 0 Å². The normalized spacial score (nSPS) is 27.0. The molecule has 0 radical (unpaired) electrons. The van der Waals surface area contributed by atoms with Gasteiger partial charge in [0.15, 0.2) is 24.0 Å². The molecule has 0 aromatic carbocycles. The zero-order valence-electron chi connectivity index (χ0n) is 30.1. The molecular formula is C35H71O5PSi2. The van der Waals surface area contributed by atoms with E-state index in [4.69, 9.17) is 8.85 Å². The van der Waals surface area contributed by atoms with Gasteiger partial charge in [-0.15, -0.1) is 0 Å². The van der Waals surface area contributed by atoms with Crippen molar-refractivity contribution in [2.45, 2.75) is 174 Å². The van der Waals surface area contributed by atoms with Crippen molar-refractivity contribution in [3.63, 3.8) is 0 Å². The number of unbranched alkanes of at least 4 members (excludes halogenated alkanes) is 3. The Hall–Kier alpha value is 0.244. The van der Waals surface area contributed by atoms with Gasteiger partial charge in [0.25, 0.3) is 0 Å². The minimum atomic E-state index is -2.92. The molecular weight excluding hydrogens is 588 g/mol. The maximum Gasteiger partial charge on any atom is 0.197 e. The molecule has 43 heavy (non-hydrogen) atoms. The Morgan fingerprint density at radius 1 is 1.07 bits per heavy atom. The third-order valence-electron chi connectivity index (χ3n) is 10.9. The van der Waals surface area contributed by atoms with E-state index in [9.17, 15) is 14.6 Å². The van der Waals surface area contributed by atoms with Gasteiger partial charge in [-0.05, 0) is 99.5 Å². The molecule has 5 nitrogen and oxygen atoms in total. The SMILES string of the molecule is CCCC1(C(CC=CC2C(O)CC(O[Si](C)(C)C(C)(C)C)C2CCCCCCP(C)(=O)O)O[Si](C)(C)CC(C)C)CCC1. The Labute approximate surface area is 269 Å². The molecule has 2 saturated carbocycles. The predicted octanol–water partition coefficient (Wildman–Crippen LogP) is 10.4. The fourth-order valence-electron chi connectivity index (χ4n) is 7.64. The zero-order chi connectivity index (χ0) is 32.7. The number of hydrogen-bond donors (Lipinski definition) is 2. The molecule has 0 spiro atoms. The van der Waals surface area contributed by atoms with Gasteiger partial charge in [0, 0.05) is 18.7 Å². The maximum absolute atomic E-state index is 11.7. The van der Waals surface area contributed by atoms with Crippen molar-refractivity contribution in [3.8, 4) is 0 Å². The summed E-state index contributed by atoms with van der Waals surface area (Å²) in [6.07, 6.45) is 18.0. The smallest absolute Gasteiger partial charge is 0.197 e. The highest BCUT2D eigenvalue weighted by Crippen LogP contribution is 2.51. The summed E-state index contributed by atoms with van der Waals surface area (Å²) in [6, 6.07) is 1.19. The number of rotatable bonds is 19. The Morgan fingerprint density at radius 2 is 1.70 bits per heavy atom. The lowest BCUT2D eigenvalue weighted by molar-refractivity contribution is -0.0294. The van der Waals surface area contributed by atoms with Crippen molar-refractivity contribution in [1.29, 1.82) is 0 Å². The van der Waals surface area contributed by atoms with Crippen molar-refractivity contribution < 1.29 is 23.4 Å².